The lowest BCUT2D eigenvalue weighted by atomic mass is 10.1. The van der Waals surface area contributed by atoms with E-state index in [0.717, 1.165) is 13.3 Å². The second kappa shape index (κ2) is 7.43. The minimum atomic E-state index is -0.856. The number of esters is 2. The average Bonchev–Trinajstić information content (AvgIpc) is 2.11. The minimum Gasteiger partial charge on any atom is -0.392 e. The van der Waals surface area contributed by atoms with Crippen molar-refractivity contribution in [1.82, 2.24) is 5.48 Å². The van der Waals surface area contributed by atoms with E-state index in [9.17, 15) is 9.59 Å². The Morgan fingerprint density at radius 2 is 2.14 bits per heavy atom. The van der Waals surface area contributed by atoms with Crippen LogP contribution in [-0.2, 0) is 14.3 Å². The second-order valence-electron chi connectivity index (χ2n) is 2.88. The highest BCUT2D eigenvalue weighted by molar-refractivity contribution is 5.87. The number of unbranched alkanes of at least 4 members (excludes halogenated alkanes) is 1. The molecule has 0 amide bonds. The van der Waals surface area contributed by atoms with Crippen molar-refractivity contribution in [2.75, 3.05) is 6.54 Å². The predicted molar refractivity (Wildman–Crippen MR) is 48.4 cm³/mol. The van der Waals surface area contributed by atoms with Gasteiger partial charge in [0.2, 0.25) is 0 Å². The van der Waals surface area contributed by atoms with E-state index in [1.54, 1.807) is 5.48 Å². The van der Waals surface area contributed by atoms with Crippen molar-refractivity contribution in [2.45, 2.75) is 32.2 Å². The Kier molecular flexibility index (Phi) is 6.91. The maximum Gasteiger partial charge on any atom is 0.333 e. The van der Waals surface area contributed by atoms with Gasteiger partial charge in [-0.3, -0.25) is 4.79 Å². The van der Waals surface area contributed by atoms with Gasteiger partial charge in [-0.05, 0) is 25.8 Å². The quantitative estimate of drug-likeness (QED) is 0.234. The van der Waals surface area contributed by atoms with E-state index in [-0.39, 0.29) is 0 Å². The summed E-state index contributed by atoms with van der Waals surface area (Å²) < 4.78 is 4.30. The monoisotopic (exact) mass is 204 g/mol. The van der Waals surface area contributed by atoms with Crippen molar-refractivity contribution >= 4 is 11.9 Å². The average molecular weight is 204 g/mol. The molecule has 1 atom stereocenters. The summed E-state index contributed by atoms with van der Waals surface area (Å²) >= 11 is 0. The molecule has 0 aromatic heterocycles. The SMILES string of the molecule is CC(=O)OC(=O)[C@H](CCCCN)NO. The van der Waals surface area contributed by atoms with Gasteiger partial charge < -0.3 is 15.7 Å². The summed E-state index contributed by atoms with van der Waals surface area (Å²) in [5.41, 5.74) is 7.06. The van der Waals surface area contributed by atoms with Gasteiger partial charge in [0.15, 0.2) is 0 Å². The van der Waals surface area contributed by atoms with Crippen LogP contribution in [0.1, 0.15) is 26.2 Å². The van der Waals surface area contributed by atoms with Gasteiger partial charge in [0.05, 0.1) is 0 Å². The van der Waals surface area contributed by atoms with Crippen LogP contribution in [0.25, 0.3) is 0 Å². The smallest absolute Gasteiger partial charge is 0.333 e. The first-order valence-electron chi connectivity index (χ1n) is 4.43. The van der Waals surface area contributed by atoms with Crippen LogP contribution in [0.4, 0.5) is 0 Å². The van der Waals surface area contributed by atoms with E-state index in [1.165, 1.54) is 0 Å². The molecule has 0 rings (SSSR count). The molecule has 0 aromatic rings. The van der Waals surface area contributed by atoms with Crippen molar-refractivity contribution in [3.63, 3.8) is 0 Å². The molecule has 0 saturated carbocycles. The van der Waals surface area contributed by atoms with Gasteiger partial charge in [-0.2, -0.15) is 5.48 Å². The molecule has 14 heavy (non-hydrogen) atoms. The summed E-state index contributed by atoms with van der Waals surface area (Å²) in [4.78, 5) is 21.5. The zero-order chi connectivity index (χ0) is 11.0. The molecule has 0 aliphatic rings. The van der Waals surface area contributed by atoms with E-state index in [1.807, 2.05) is 0 Å². The molecule has 6 nitrogen and oxygen atoms in total. The standard InChI is InChI=1S/C8H16N2O4/c1-6(11)14-8(12)7(10-13)4-2-3-5-9/h7,10,13H,2-5,9H2,1H3/t7-/m0/s1. The Balaban J connectivity index is 3.86. The molecule has 0 aromatic carbocycles. The third-order valence-corrected chi connectivity index (χ3v) is 1.63. The molecule has 0 fully saturated rings. The van der Waals surface area contributed by atoms with Gasteiger partial charge in [-0.1, -0.05) is 0 Å². The summed E-state index contributed by atoms with van der Waals surface area (Å²) in [5.74, 6) is -1.45. The van der Waals surface area contributed by atoms with E-state index in [4.69, 9.17) is 10.9 Å². The highest BCUT2D eigenvalue weighted by Gasteiger charge is 2.19. The maximum absolute atomic E-state index is 11.1. The van der Waals surface area contributed by atoms with Crippen LogP contribution in [0.3, 0.4) is 0 Å². The third-order valence-electron chi connectivity index (χ3n) is 1.63. The van der Waals surface area contributed by atoms with Crippen molar-refractivity contribution < 1.29 is 19.5 Å². The fraction of sp³-hybridized carbons (Fsp3) is 0.750. The highest BCUT2D eigenvalue weighted by Crippen LogP contribution is 2.02. The molecule has 0 radical (unpaired) electrons. The number of nitrogens with one attached hydrogen (secondary N) is 1. The maximum atomic E-state index is 11.1. The van der Waals surface area contributed by atoms with Crippen LogP contribution in [0.2, 0.25) is 0 Å². The predicted octanol–water partition coefficient (Wildman–Crippen LogP) is -0.447. The summed E-state index contributed by atoms with van der Waals surface area (Å²) in [5, 5.41) is 8.62. The highest BCUT2D eigenvalue weighted by atomic mass is 16.6. The fourth-order valence-electron chi connectivity index (χ4n) is 0.941. The Morgan fingerprint density at radius 3 is 2.57 bits per heavy atom. The molecule has 0 aliphatic carbocycles. The summed E-state index contributed by atoms with van der Waals surface area (Å²) in [7, 11) is 0. The van der Waals surface area contributed by atoms with E-state index < -0.39 is 18.0 Å². The number of hydrogen-bond acceptors (Lipinski definition) is 6. The van der Waals surface area contributed by atoms with E-state index in [2.05, 4.69) is 4.74 Å². The van der Waals surface area contributed by atoms with E-state index >= 15 is 0 Å². The summed E-state index contributed by atoms with van der Waals surface area (Å²) in [6.07, 6.45) is 1.83. The zero-order valence-corrected chi connectivity index (χ0v) is 8.16. The van der Waals surface area contributed by atoms with Crippen LogP contribution in [-0.4, -0.2) is 29.7 Å². The number of hydrogen-bond donors (Lipinski definition) is 3. The van der Waals surface area contributed by atoms with Gasteiger partial charge in [-0.25, -0.2) is 4.79 Å². The fourth-order valence-corrected chi connectivity index (χ4v) is 0.941. The first-order valence-corrected chi connectivity index (χ1v) is 4.43. The number of carbonyl (C=O) groups excluding carboxylic acids is 2. The third kappa shape index (κ3) is 5.63. The lowest BCUT2D eigenvalue weighted by molar-refractivity contribution is -0.161. The largest absolute Gasteiger partial charge is 0.392 e. The minimum absolute atomic E-state index is 0.389. The Morgan fingerprint density at radius 1 is 1.50 bits per heavy atom. The van der Waals surface area contributed by atoms with Crippen molar-refractivity contribution in [1.29, 1.82) is 0 Å². The number of nitrogens with two attached hydrogens (primary N) is 1. The molecule has 0 heterocycles. The van der Waals surface area contributed by atoms with Crippen molar-refractivity contribution in [3.05, 3.63) is 0 Å². The number of hydroxylamine groups is 1. The van der Waals surface area contributed by atoms with Gasteiger partial charge in [0.25, 0.3) is 0 Å². The van der Waals surface area contributed by atoms with Gasteiger partial charge >= 0.3 is 11.9 Å². The molecule has 4 N–H and O–H groups in total. The van der Waals surface area contributed by atoms with Crippen molar-refractivity contribution in [3.8, 4) is 0 Å². The molecule has 0 spiro atoms. The van der Waals surface area contributed by atoms with Crippen molar-refractivity contribution in [2.24, 2.45) is 5.73 Å². The molecule has 0 unspecified atom stereocenters. The Labute approximate surface area is 82.4 Å². The number of carbonyl (C=O) groups is 2. The molecular weight excluding hydrogens is 188 g/mol. The second-order valence-corrected chi connectivity index (χ2v) is 2.88. The topological polar surface area (TPSA) is 102 Å². The molecule has 0 aliphatic heterocycles. The van der Waals surface area contributed by atoms with E-state index in [0.29, 0.717) is 19.4 Å². The van der Waals surface area contributed by atoms with Crippen LogP contribution in [0.5, 0.6) is 0 Å². The number of ether oxygens (including phenoxy) is 1. The number of rotatable bonds is 6. The zero-order valence-electron chi connectivity index (χ0n) is 8.16. The first kappa shape index (κ1) is 13.0. The first-order chi connectivity index (χ1) is 6.61. The van der Waals surface area contributed by atoms with Crippen LogP contribution >= 0.6 is 0 Å². The van der Waals surface area contributed by atoms with Crippen LogP contribution in [0, 0.1) is 0 Å². The van der Waals surface area contributed by atoms with Crippen LogP contribution in [0.15, 0.2) is 0 Å². The normalized spacial score (nSPS) is 12.2. The molecule has 0 bridgehead atoms. The molecular formula is C8H16N2O4. The van der Waals surface area contributed by atoms with Gasteiger partial charge in [0, 0.05) is 6.92 Å². The lowest BCUT2D eigenvalue weighted by Crippen LogP contribution is -2.36. The Hall–Kier alpha value is -0.980. The van der Waals surface area contributed by atoms with Gasteiger partial charge in [-0.15, -0.1) is 0 Å². The molecule has 0 saturated heterocycles. The van der Waals surface area contributed by atoms with Gasteiger partial charge in [0.1, 0.15) is 6.04 Å². The summed E-state index contributed by atoms with van der Waals surface area (Å²) in [6, 6.07) is -0.856. The van der Waals surface area contributed by atoms with Crippen LogP contribution < -0.4 is 11.2 Å². The summed E-state index contributed by atoms with van der Waals surface area (Å²) in [6.45, 7) is 1.66. The Bertz CT molecular complexity index is 196. The molecule has 6 heteroatoms. The molecule has 82 valence electrons. The lowest BCUT2D eigenvalue weighted by Gasteiger charge is -2.11.